The Kier molecular flexibility index (Phi) is 35.0. The zero-order chi connectivity index (χ0) is 46.7. The third kappa shape index (κ3) is 28.7. The van der Waals surface area contributed by atoms with Crippen molar-refractivity contribution in [1.29, 1.82) is 0 Å². The lowest BCUT2D eigenvalue weighted by molar-refractivity contribution is -0.777. The van der Waals surface area contributed by atoms with E-state index in [0.29, 0.717) is 6.42 Å². The van der Waals surface area contributed by atoms with E-state index in [0.717, 1.165) is 25.7 Å². The highest BCUT2D eigenvalue weighted by Crippen LogP contribution is 2.28. The average Bonchev–Trinajstić information content (AvgIpc) is 3.29. The fourth-order valence-electron chi connectivity index (χ4n) is 5.41. The molecule has 0 spiro atoms. The molecule has 1 saturated heterocycles. The molecule has 0 aromatic heterocycles. The molecule has 0 aromatic rings. The summed E-state index contributed by atoms with van der Waals surface area (Å²) in [5.41, 5.74) is 0. The van der Waals surface area contributed by atoms with Crippen molar-refractivity contribution in [2.45, 2.75) is 146 Å². The van der Waals surface area contributed by atoms with Gasteiger partial charge in [-0.2, -0.15) is 0 Å². The number of aliphatic hydroxyl groups is 5. The zero-order valence-electron chi connectivity index (χ0n) is 35.7. The number of rotatable bonds is 24. The third-order valence-corrected chi connectivity index (χ3v) is 8.97. The van der Waals surface area contributed by atoms with Crippen LogP contribution in [0.1, 0.15) is 97.3 Å². The zero-order valence-corrected chi connectivity index (χ0v) is 36.5. The second-order valence-corrected chi connectivity index (χ2v) is 13.7. The number of amides is 1. The van der Waals surface area contributed by atoms with Crippen molar-refractivity contribution in [3.63, 3.8) is 0 Å². The van der Waals surface area contributed by atoms with Gasteiger partial charge in [0.25, 0.3) is 5.91 Å². The highest BCUT2D eigenvalue weighted by atomic mass is 32.2. The maximum atomic E-state index is 12.8. The van der Waals surface area contributed by atoms with Gasteiger partial charge in [0, 0.05) is 41.4 Å². The summed E-state index contributed by atoms with van der Waals surface area (Å²) in [7, 11) is 0. The van der Waals surface area contributed by atoms with Crippen LogP contribution in [0.15, 0.2) is 0 Å². The second-order valence-electron chi connectivity index (χ2n) is 13.2. The number of carbonyl (C=O) groups excluding carboxylic acids is 1. The van der Waals surface area contributed by atoms with E-state index in [1.165, 1.54) is 44.9 Å². The lowest BCUT2D eigenvalue weighted by Gasteiger charge is -2.41. The first-order valence-corrected chi connectivity index (χ1v) is 21.1. The van der Waals surface area contributed by atoms with Crippen LogP contribution < -0.4 is 10.6 Å². The Morgan fingerprint density at radius 1 is 0.672 bits per heavy atom. The van der Waals surface area contributed by atoms with Crippen LogP contribution in [0.25, 0.3) is 0 Å². The summed E-state index contributed by atoms with van der Waals surface area (Å²) >= 11 is 0.0217. The van der Waals surface area contributed by atoms with Crippen molar-refractivity contribution in [2.24, 2.45) is 0 Å². The molecule has 1 rings (SSSR count). The number of unbranched alkanes of at least 4 members (excludes halogenated alkanes) is 11. The molecular formula is C50H50NO12S-. The van der Waals surface area contributed by atoms with Crippen molar-refractivity contribution in [1.82, 2.24) is 5.32 Å². The number of hydrogen-bond acceptors (Lipinski definition) is 13. The molecule has 0 bridgehead atoms. The number of carbonyl (C=O) groups is 1. The topological polar surface area (TPSA) is 199 Å². The van der Waals surface area contributed by atoms with Crippen molar-refractivity contribution >= 4 is 18.2 Å². The van der Waals surface area contributed by atoms with Crippen LogP contribution in [0, 0.1) is 142 Å². The van der Waals surface area contributed by atoms with Gasteiger partial charge in [0.2, 0.25) is 0 Å². The number of hydrogen-bond donors (Lipinski definition) is 6. The summed E-state index contributed by atoms with van der Waals surface area (Å²) in [4.78, 5) is 12.8. The molecule has 0 aromatic carbocycles. The summed E-state index contributed by atoms with van der Waals surface area (Å²) in [6.45, 7) is 2.63. The lowest BCUT2D eigenvalue weighted by Crippen LogP contribution is -2.60. The molecule has 1 amide bonds. The molecule has 334 valence electrons. The maximum absolute atomic E-state index is 12.8. The molecule has 64 heavy (non-hydrogen) atoms. The Balaban J connectivity index is 2.85. The van der Waals surface area contributed by atoms with E-state index in [1.807, 2.05) is 0 Å². The largest absolute Gasteiger partial charge is 0.691 e. The Bertz CT molecular complexity index is 2230. The van der Waals surface area contributed by atoms with Gasteiger partial charge in [-0.15, -0.1) is 4.33 Å². The molecule has 13 nitrogen and oxygen atoms in total. The van der Waals surface area contributed by atoms with Gasteiger partial charge in [-0.1, -0.05) is 89.9 Å². The van der Waals surface area contributed by atoms with Crippen molar-refractivity contribution < 1.29 is 58.6 Å². The minimum atomic E-state index is -1.72. The van der Waals surface area contributed by atoms with Gasteiger partial charge in [-0.25, -0.2) is 0 Å². The first kappa shape index (κ1) is 56.1. The average molecular weight is 889 g/mol. The molecule has 5 unspecified atom stereocenters. The summed E-state index contributed by atoms with van der Waals surface area (Å²) in [6, 6.07) is -1.28. The summed E-state index contributed by atoms with van der Waals surface area (Å²) in [6.07, 6.45) is 3.19. The molecule has 0 saturated carbocycles. The summed E-state index contributed by atoms with van der Waals surface area (Å²) in [5, 5.41) is 68.8. The Hall–Kier alpha value is -5.90. The molecule has 14 heteroatoms. The number of ether oxygens (including phenoxy) is 2. The smallest absolute Gasteiger partial charge is 0.297 e. The van der Waals surface area contributed by atoms with Gasteiger partial charge in [0.15, 0.2) is 18.6 Å². The Morgan fingerprint density at radius 2 is 1.11 bits per heavy atom. The SMILES string of the molecule is CC#CC#CC#CC#CC#CC#CC#CC#CC#CC#CC#CC#CC(=O)N[C@@H](COC1OC(CO)C(O)C(OSOO[O-])C1O)[C@H](O)[C@@H](O)CCCCCCCCCCCCCC. The van der Waals surface area contributed by atoms with Crippen LogP contribution in [0.5, 0.6) is 0 Å². The molecule has 6 N–H and O–H groups in total. The van der Waals surface area contributed by atoms with Gasteiger partial charge in [-0.05, 0) is 108 Å². The van der Waals surface area contributed by atoms with Gasteiger partial charge in [-0.3, -0.25) is 14.0 Å². The van der Waals surface area contributed by atoms with Gasteiger partial charge in [0.1, 0.15) is 30.5 Å². The van der Waals surface area contributed by atoms with E-state index in [-0.39, 0.29) is 18.7 Å². The van der Waals surface area contributed by atoms with Gasteiger partial charge in [0.05, 0.1) is 25.4 Å². The van der Waals surface area contributed by atoms with E-state index >= 15 is 0 Å². The molecule has 1 aliphatic rings. The first-order chi connectivity index (χ1) is 31.3. The third-order valence-electron chi connectivity index (χ3n) is 8.56. The first-order valence-electron chi connectivity index (χ1n) is 20.4. The van der Waals surface area contributed by atoms with Crippen LogP contribution in [0.2, 0.25) is 0 Å². The van der Waals surface area contributed by atoms with Crippen LogP contribution in [-0.4, -0.2) is 93.6 Å². The molecule has 1 heterocycles. The van der Waals surface area contributed by atoms with E-state index in [9.17, 15) is 35.6 Å². The highest BCUT2D eigenvalue weighted by Gasteiger charge is 2.47. The highest BCUT2D eigenvalue weighted by molar-refractivity contribution is 7.89. The predicted octanol–water partition coefficient (Wildman–Crippen LogP) is 0.972. The lowest BCUT2D eigenvalue weighted by atomic mass is 9.98. The van der Waals surface area contributed by atoms with E-state index < -0.39 is 68.1 Å². The van der Waals surface area contributed by atoms with Crippen LogP contribution in [0.3, 0.4) is 0 Å². The quantitative estimate of drug-likeness (QED) is 0.0264. The molecule has 0 aliphatic carbocycles. The van der Waals surface area contributed by atoms with E-state index in [2.05, 4.69) is 164 Å². The molecular weight excluding hydrogens is 839 g/mol. The fourth-order valence-corrected chi connectivity index (χ4v) is 5.79. The van der Waals surface area contributed by atoms with Crippen molar-refractivity contribution in [3.05, 3.63) is 0 Å². The second kappa shape index (κ2) is 39.9. The molecule has 8 atom stereocenters. The van der Waals surface area contributed by atoms with Gasteiger partial charge < -0.3 is 45.6 Å². The minimum Gasteiger partial charge on any atom is -0.691 e. The van der Waals surface area contributed by atoms with Crippen molar-refractivity contribution in [3.8, 4) is 142 Å². The Morgan fingerprint density at radius 3 is 1.55 bits per heavy atom. The molecule has 1 fully saturated rings. The normalized spacial score (nSPS) is 17.4. The standard InChI is InChI=1S/C50H51NO12S/c1-3-5-7-9-11-13-15-17-18-19-20-21-22-23-24-25-26-27-29-31-33-35-37-39-45(54)51-42(41-59-50-48(57)49(61-64-63-62-58)47(56)44(40-52)60-50)46(55)43(53)38-36-34-32-30-28-16-14-12-10-8-6-4-2/h42-44,46-50,52-53,55-58H,4,6,8,10,12,14,16,28,30,32,34,36,38,40-41H2,1-2H3,(H,51,54)/p-1/t42-,43-,44?,46-,47?,48?,49?,50?/m0/s1. The number of nitrogens with one attached hydrogen (secondary N) is 1. The van der Waals surface area contributed by atoms with E-state index in [1.54, 1.807) is 6.92 Å². The fraction of sp³-hybridized carbons (Fsp3) is 0.500. The van der Waals surface area contributed by atoms with Crippen molar-refractivity contribution in [2.75, 3.05) is 13.2 Å². The van der Waals surface area contributed by atoms with Crippen LogP contribution in [0.4, 0.5) is 0 Å². The number of aliphatic hydroxyl groups excluding tert-OH is 5. The summed E-state index contributed by atoms with van der Waals surface area (Å²) in [5.74, 6) is 58.3. The Labute approximate surface area is 382 Å². The van der Waals surface area contributed by atoms with E-state index in [4.69, 9.17) is 13.7 Å². The maximum Gasteiger partial charge on any atom is 0.297 e. The molecule has 0 radical (unpaired) electrons. The monoisotopic (exact) mass is 888 g/mol. The summed E-state index contributed by atoms with van der Waals surface area (Å²) < 4.78 is 20.2. The van der Waals surface area contributed by atoms with Crippen LogP contribution in [-0.2, 0) is 27.8 Å². The van der Waals surface area contributed by atoms with Gasteiger partial charge >= 0.3 is 0 Å². The van der Waals surface area contributed by atoms with Crippen LogP contribution >= 0.6 is 12.3 Å². The molecule has 1 aliphatic heterocycles. The minimum absolute atomic E-state index is 0.0217. The predicted molar refractivity (Wildman–Crippen MR) is 237 cm³/mol.